The lowest BCUT2D eigenvalue weighted by atomic mass is 10.2. The molecule has 0 aliphatic heterocycles. The summed E-state index contributed by atoms with van der Waals surface area (Å²) in [6.45, 7) is 3.01. The molecule has 0 bridgehead atoms. The lowest BCUT2D eigenvalue weighted by Gasteiger charge is -2.24. The normalized spacial score (nSPS) is 11.2. The van der Waals surface area contributed by atoms with E-state index in [4.69, 9.17) is 4.74 Å². The van der Waals surface area contributed by atoms with Crippen molar-refractivity contribution in [2.24, 2.45) is 5.10 Å². The van der Waals surface area contributed by atoms with E-state index in [0.717, 1.165) is 15.4 Å². The van der Waals surface area contributed by atoms with Gasteiger partial charge in [0, 0.05) is 5.69 Å². The van der Waals surface area contributed by atoms with Crippen LogP contribution in [0.25, 0.3) is 0 Å². The standard InChI is InChI=1S/C31H29FN4O5S/c1-22-3-13-27(14-4-22)36(42(39,40)29-17-5-23(2)6-18-29)20-30(37)35-33-19-24-7-15-28(16-8-24)41-21-31(38)34-26-11-9-25(32)10-12-26/h3-19H,20-21H2,1-2H3,(H,34,38)(H,35,37)/b33-19+. The van der Waals surface area contributed by atoms with Crippen LogP contribution in [0.15, 0.2) is 107 Å². The van der Waals surface area contributed by atoms with Crippen molar-refractivity contribution in [3.63, 3.8) is 0 Å². The number of nitrogens with zero attached hydrogens (tertiary/aromatic N) is 2. The van der Waals surface area contributed by atoms with E-state index < -0.39 is 34.2 Å². The van der Waals surface area contributed by atoms with Gasteiger partial charge in [0.1, 0.15) is 18.1 Å². The molecule has 0 saturated carbocycles. The molecule has 0 saturated heterocycles. The lowest BCUT2D eigenvalue weighted by molar-refractivity contribution is -0.119. The second-order valence-corrected chi connectivity index (χ2v) is 11.2. The van der Waals surface area contributed by atoms with Crippen LogP contribution in [0.5, 0.6) is 5.75 Å². The summed E-state index contributed by atoms with van der Waals surface area (Å²) in [5.74, 6) is -1.00. The van der Waals surface area contributed by atoms with Gasteiger partial charge in [-0.1, -0.05) is 35.4 Å². The first kappa shape index (κ1) is 29.9. The summed E-state index contributed by atoms with van der Waals surface area (Å²) in [4.78, 5) is 24.9. The molecule has 0 radical (unpaired) electrons. The Morgan fingerprint density at radius 3 is 2.05 bits per heavy atom. The maximum atomic E-state index is 13.4. The van der Waals surface area contributed by atoms with Crippen LogP contribution in [0.2, 0.25) is 0 Å². The van der Waals surface area contributed by atoms with Gasteiger partial charge in [0.25, 0.3) is 21.8 Å². The molecule has 0 fully saturated rings. The first-order chi connectivity index (χ1) is 20.1. The van der Waals surface area contributed by atoms with Crippen LogP contribution < -0.4 is 19.8 Å². The molecule has 0 aliphatic rings. The Morgan fingerprint density at radius 2 is 1.43 bits per heavy atom. The number of nitrogens with one attached hydrogen (secondary N) is 2. The number of amides is 2. The molecule has 0 heterocycles. The van der Waals surface area contributed by atoms with Crippen molar-refractivity contribution in [2.75, 3.05) is 22.8 Å². The first-order valence-electron chi connectivity index (χ1n) is 12.9. The molecule has 2 N–H and O–H groups in total. The van der Waals surface area contributed by atoms with E-state index in [2.05, 4.69) is 15.8 Å². The molecule has 4 rings (SSSR count). The highest BCUT2D eigenvalue weighted by Crippen LogP contribution is 2.24. The number of rotatable bonds is 11. The third-order valence-corrected chi connectivity index (χ3v) is 7.79. The average Bonchev–Trinajstić information content (AvgIpc) is 2.97. The molecule has 9 nitrogen and oxygen atoms in total. The summed E-state index contributed by atoms with van der Waals surface area (Å²) in [7, 11) is -4.03. The van der Waals surface area contributed by atoms with Crippen molar-refractivity contribution in [3.05, 3.63) is 120 Å². The van der Waals surface area contributed by atoms with Crippen LogP contribution in [0.3, 0.4) is 0 Å². The Kier molecular flexibility index (Phi) is 9.66. The third-order valence-electron chi connectivity index (χ3n) is 6.00. The zero-order chi connectivity index (χ0) is 30.1. The van der Waals surface area contributed by atoms with E-state index in [1.165, 1.54) is 42.6 Å². The number of carbonyl (C=O) groups is 2. The quantitative estimate of drug-likeness (QED) is 0.193. The minimum Gasteiger partial charge on any atom is -0.484 e. The van der Waals surface area contributed by atoms with Gasteiger partial charge in [-0.3, -0.25) is 13.9 Å². The zero-order valence-corrected chi connectivity index (χ0v) is 23.8. The van der Waals surface area contributed by atoms with Crippen molar-refractivity contribution in [1.82, 2.24) is 5.43 Å². The number of halogens is 1. The fraction of sp³-hybridized carbons (Fsp3) is 0.129. The van der Waals surface area contributed by atoms with E-state index in [9.17, 15) is 22.4 Å². The maximum Gasteiger partial charge on any atom is 0.264 e. The van der Waals surface area contributed by atoms with Crippen molar-refractivity contribution < 1.29 is 27.1 Å². The predicted molar refractivity (Wildman–Crippen MR) is 160 cm³/mol. The van der Waals surface area contributed by atoms with Crippen molar-refractivity contribution in [2.45, 2.75) is 18.7 Å². The molecule has 0 unspecified atom stereocenters. The van der Waals surface area contributed by atoms with E-state index in [1.54, 1.807) is 60.7 Å². The molecule has 0 atom stereocenters. The second-order valence-electron chi connectivity index (χ2n) is 9.37. The van der Waals surface area contributed by atoms with Gasteiger partial charge in [0.05, 0.1) is 16.8 Å². The molecule has 216 valence electrons. The molecule has 0 aromatic heterocycles. The highest BCUT2D eigenvalue weighted by molar-refractivity contribution is 7.92. The van der Waals surface area contributed by atoms with Crippen LogP contribution in [-0.4, -0.2) is 39.6 Å². The summed E-state index contributed by atoms with van der Waals surface area (Å²) in [5, 5.41) is 6.55. The van der Waals surface area contributed by atoms with Crippen LogP contribution in [-0.2, 0) is 19.6 Å². The monoisotopic (exact) mass is 588 g/mol. The van der Waals surface area contributed by atoms with E-state index in [1.807, 2.05) is 13.8 Å². The van der Waals surface area contributed by atoms with Crippen molar-refractivity contribution >= 4 is 39.4 Å². The minimum atomic E-state index is -4.03. The highest BCUT2D eigenvalue weighted by atomic mass is 32.2. The highest BCUT2D eigenvalue weighted by Gasteiger charge is 2.27. The second kappa shape index (κ2) is 13.6. The average molecular weight is 589 g/mol. The van der Waals surface area contributed by atoms with Crippen molar-refractivity contribution in [3.8, 4) is 5.75 Å². The minimum absolute atomic E-state index is 0.0696. The largest absolute Gasteiger partial charge is 0.484 e. The Morgan fingerprint density at radius 1 is 0.833 bits per heavy atom. The first-order valence-corrected chi connectivity index (χ1v) is 14.3. The summed E-state index contributed by atoms with van der Waals surface area (Å²) in [6, 6.07) is 25.2. The number of sulfonamides is 1. The number of hydrogen-bond donors (Lipinski definition) is 2. The predicted octanol–water partition coefficient (Wildman–Crippen LogP) is 4.81. The van der Waals surface area contributed by atoms with Crippen LogP contribution in [0.1, 0.15) is 16.7 Å². The fourth-order valence-electron chi connectivity index (χ4n) is 3.74. The Labute approximate surface area is 243 Å². The smallest absolute Gasteiger partial charge is 0.264 e. The Hall–Kier alpha value is -5.03. The van der Waals surface area contributed by atoms with Gasteiger partial charge >= 0.3 is 0 Å². The van der Waals surface area contributed by atoms with Crippen LogP contribution in [0, 0.1) is 19.7 Å². The molecular formula is C31H29FN4O5S. The molecule has 2 amide bonds. The van der Waals surface area contributed by atoms with E-state index in [-0.39, 0.29) is 11.5 Å². The molecule has 42 heavy (non-hydrogen) atoms. The van der Waals surface area contributed by atoms with Gasteiger partial charge in [0.2, 0.25) is 0 Å². The molecule has 11 heteroatoms. The lowest BCUT2D eigenvalue weighted by Crippen LogP contribution is -2.39. The SMILES string of the molecule is Cc1ccc(N(CC(=O)N/N=C/c2ccc(OCC(=O)Nc3ccc(F)cc3)cc2)S(=O)(=O)c2ccc(C)cc2)cc1. The van der Waals surface area contributed by atoms with Gasteiger partial charge in [0.15, 0.2) is 6.61 Å². The van der Waals surface area contributed by atoms with Gasteiger partial charge < -0.3 is 10.1 Å². The van der Waals surface area contributed by atoms with Gasteiger partial charge in [-0.25, -0.2) is 18.2 Å². The summed E-state index contributed by atoms with van der Waals surface area (Å²) in [6.07, 6.45) is 1.40. The number of ether oxygens (including phenoxy) is 1. The Balaban J connectivity index is 1.34. The summed E-state index contributed by atoms with van der Waals surface area (Å²) >= 11 is 0. The number of carbonyl (C=O) groups excluding carboxylic acids is 2. The molecule has 0 aliphatic carbocycles. The number of hydrogen-bond acceptors (Lipinski definition) is 6. The van der Waals surface area contributed by atoms with Crippen LogP contribution >= 0.6 is 0 Å². The Bertz CT molecular complexity index is 1660. The molecular weight excluding hydrogens is 559 g/mol. The number of benzene rings is 4. The van der Waals surface area contributed by atoms with Crippen LogP contribution in [0.4, 0.5) is 15.8 Å². The fourth-order valence-corrected chi connectivity index (χ4v) is 5.16. The van der Waals surface area contributed by atoms with Gasteiger partial charge in [-0.15, -0.1) is 0 Å². The van der Waals surface area contributed by atoms with E-state index >= 15 is 0 Å². The molecule has 0 spiro atoms. The number of anilines is 2. The topological polar surface area (TPSA) is 117 Å². The number of hydrazone groups is 1. The third kappa shape index (κ3) is 8.24. The van der Waals surface area contributed by atoms with Gasteiger partial charge in [-0.05, 0) is 92.2 Å². The zero-order valence-electron chi connectivity index (χ0n) is 23.0. The van der Waals surface area contributed by atoms with E-state index in [0.29, 0.717) is 22.7 Å². The van der Waals surface area contributed by atoms with Crippen molar-refractivity contribution in [1.29, 1.82) is 0 Å². The number of aryl methyl sites for hydroxylation is 2. The molecule has 4 aromatic rings. The summed E-state index contributed by atoms with van der Waals surface area (Å²) < 4.78 is 46.4. The molecule has 4 aromatic carbocycles. The summed E-state index contributed by atoms with van der Waals surface area (Å²) in [5.41, 5.74) is 5.66. The maximum absolute atomic E-state index is 13.4. The van der Waals surface area contributed by atoms with Gasteiger partial charge in [-0.2, -0.15) is 5.10 Å².